The van der Waals surface area contributed by atoms with E-state index in [1.807, 2.05) is 0 Å². The summed E-state index contributed by atoms with van der Waals surface area (Å²) in [5.74, 6) is -0.445. The van der Waals surface area contributed by atoms with Gasteiger partial charge >= 0.3 is 16.2 Å². The zero-order valence-electron chi connectivity index (χ0n) is 12.3. The molecule has 0 atom stereocenters. The van der Waals surface area contributed by atoms with Crippen molar-refractivity contribution in [1.29, 1.82) is 0 Å². The number of ether oxygens (including phenoxy) is 1. The third-order valence-electron chi connectivity index (χ3n) is 2.25. The average molecular weight is 300 g/mol. The first kappa shape index (κ1) is 16.5. The molecule has 0 saturated heterocycles. The molecule has 0 aliphatic rings. The highest BCUT2D eigenvalue weighted by Crippen LogP contribution is 2.15. The molecule has 0 bridgehead atoms. The van der Waals surface area contributed by atoms with Crippen molar-refractivity contribution < 1.29 is 17.9 Å². The standard InChI is InChI=1S/C13H20N2O4S/c1-13(2,3)19-12(16)10-6-8-11(9-7-10)14-20(17,18)15(4)5/h6-9,14H,1-5H3. The maximum Gasteiger partial charge on any atom is 0.338 e. The first-order valence-corrected chi connectivity index (χ1v) is 7.49. The van der Waals surface area contributed by atoms with E-state index in [-0.39, 0.29) is 0 Å². The van der Waals surface area contributed by atoms with Gasteiger partial charge in [-0.25, -0.2) is 4.79 Å². The first-order chi connectivity index (χ1) is 9.01. The van der Waals surface area contributed by atoms with Crippen molar-refractivity contribution in [2.45, 2.75) is 26.4 Å². The number of carbonyl (C=O) groups excluding carboxylic acids is 1. The van der Waals surface area contributed by atoms with Crippen LogP contribution in [0, 0.1) is 0 Å². The van der Waals surface area contributed by atoms with Crippen LogP contribution in [0.4, 0.5) is 5.69 Å². The van der Waals surface area contributed by atoms with Crippen LogP contribution in [0.1, 0.15) is 31.1 Å². The van der Waals surface area contributed by atoms with Crippen molar-refractivity contribution in [3.63, 3.8) is 0 Å². The van der Waals surface area contributed by atoms with Gasteiger partial charge in [-0.1, -0.05) is 0 Å². The van der Waals surface area contributed by atoms with Crippen molar-refractivity contribution >= 4 is 21.9 Å². The number of rotatable bonds is 4. The van der Waals surface area contributed by atoms with Gasteiger partial charge in [0.15, 0.2) is 0 Å². The van der Waals surface area contributed by atoms with Gasteiger partial charge in [-0.15, -0.1) is 0 Å². The van der Waals surface area contributed by atoms with E-state index in [0.29, 0.717) is 11.3 Å². The molecule has 0 amide bonds. The summed E-state index contributed by atoms with van der Waals surface area (Å²) in [5, 5.41) is 0. The Morgan fingerprint density at radius 1 is 1.15 bits per heavy atom. The van der Waals surface area contributed by atoms with Crippen LogP contribution in [0.15, 0.2) is 24.3 Å². The van der Waals surface area contributed by atoms with Gasteiger partial charge in [-0.2, -0.15) is 12.7 Å². The SMILES string of the molecule is CN(C)S(=O)(=O)Nc1ccc(C(=O)OC(C)(C)C)cc1. The molecule has 0 aliphatic carbocycles. The Hall–Kier alpha value is -1.60. The molecule has 1 aromatic carbocycles. The van der Waals surface area contributed by atoms with Crippen LogP contribution in [0.25, 0.3) is 0 Å². The number of hydrogen-bond donors (Lipinski definition) is 1. The summed E-state index contributed by atoms with van der Waals surface area (Å²) in [6.07, 6.45) is 0. The van der Waals surface area contributed by atoms with Crippen LogP contribution in [0.3, 0.4) is 0 Å². The van der Waals surface area contributed by atoms with Gasteiger partial charge in [-0.05, 0) is 45.0 Å². The summed E-state index contributed by atoms with van der Waals surface area (Å²) in [5.41, 5.74) is 0.182. The Morgan fingerprint density at radius 2 is 1.65 bits per heavy atom. The van der Waals surface area contributed by atoms with E-state index in [1.165, 1.54) is 38.4 Å². The molecule has 0 aromatic heterocycles. The average Bonchev–Trinajstić information content (AvgIpc) is 2.26. The van der Waals surface area contributed by atoms with Crippen LogP contribution < -0.4 is 4.72 Å². The van der Waals surface area contributed by atoms with Gasteiger partial charge in [-0.3, -0.25) is 4.72 Å². The molecule has 0 saturated carbocycles. The number of esters is 1. The predicted octanol–water partition coefficient (Wildman–Crippen LogP) is 1.86. The van der Waals surface area contributed by atoms with Crippen molar-refractivity contribution in [3.8, 4) is 0 Å². The lowest BCUT2D eigenvalue weighted by Gasteiger charge is -2.19. The van der Waals surface area contributed by atoms with Gasteiger partial charge in [0.2, 0.25) is 0 Å². The first-order valence-electron chi connectivity index (χ1n) is 6.05. The number of nitrogens with zero attached hydrogens (tertiary/aromatic N) is 1. The molecule has 1 N–H and O–H groups in total. The lowest BCUT2D eigenvalue weighted by Crippen LogP contribution is -2.29. The minimum Gasteiger partial charge on any atom is -0.456 e. The fourth-order valence-corrected chi connectivity index (χ4v) is 1.87. The zero-order valence-corrected chi connectivity index (χ0v) is 13.1. The van der Waals surface area contributed by atoms with Crippen molar-refractivity contribution in [3.05, 3.63) is 29.8 Å². The summed E-state index contributed by atoms with van der Waals surface area (Å²) < 4.78 is 31.9. The van der Waals surface area contributed by atoms with Gasteiger partial charge in [0.1, 0.15) is 5.60 Å². The Labute approximate surface area is 119 Å². The van der Waals surface area contributed by atoms with E-state index >= 15 is 0 Å². The van der Waals surface area contributed by atoms with Gasteiger partial charge in [0.25, 0.3) is 0 Å². The molecular weight excluding hydrogens is 280 g/mol. The van der Waals surface area contributed by atoms with E-state index in [2.05, 4.69) is 4.72 Å². The smallest absolute Gasteiger partial charge is 0.338 e. The molecule has 112 valence electrons. The van der Waals surface area contributed by atoms with Crippen LogP contribution in [-0.4, -0.2) is 38.4 Å². The Balaban J connectivity index is 2.82. The van der Waals surface area contributed by atoms with Gasteiger partial charge in [0.05, 0.1) is 5.56 Å². The summed E-state index contributed by atoms with van der Waals surface area (Å²) >= 11 is 0. The molecular formula is C13H20N2O4S. The molecule has 20 heavy (non-hydrogen) atoms. The van der Waals surface area contributed by atoms with Gasteiger partial charge in [0, 0.05) is 19.8 Å². The van der Waals surface area contributed by atoms with Crippen molar-refractivity contribution in [2.75, 3.05) is 18.8 Å². The molecule has 0 aliphatic heterocycles. The number of carbonyl (C=O) groups is 1. The third kappa shape index (κ3) is 4.82. The van der Waals surface area contributed by atoms with E-state index < -0.39 is 21.8 Å². The minimum atomic E-state index is -3.55. The number of benzene rings is 1. The minimum absolute atomic E-state index is 0.368. The Kier molecular flexibility index (Phi) is 4.77. The maximum absolute atomic E-state index is 11.8. The monoisotopic (exact) mass is 300 g/mol. The lowest BCUT2D eigenvalue weighted by molar-refractivity contribution is 0.00696. The lowest BCUT2D eigenvalue weighted by atomic mass is 10.1. The predicted molar refractivity (Wildman–Crippen MR) is 77.8 cm³/mol. The number of nitrogens with one attached hydrogen (secondary N) is 1. The zero-order chi connectivity index (χ0) is 15.6. The molecule has 0 spiro atoms. The molecule has 0 unspecified atom stereocenters. The molecule has 6 nitrogen and oxygen atoms in total. The van der Waals surface area contributed by atoms with Crippen LogP contribution in [0.5, 0.6) is 0 Å². The summed E-state index contributed by atoms with van der Waals surface area (Å²) in [6, 6.07) is 6.06. The fourth-order valence-electron chi connectivity index (χ4n) is 1.25. The molecule has 0 radical (unpaired) electrons. The third-order valence-corrected chi connectivity index (χ3v) is 3.70. The van der Waals surface area contributed by atoms with Gasteiger partial charge < -0.3 is 4.74 Å². The topological polar surface area (TPSA) is 75.7 Å². The Morgan fingerprint density at radius 3 is 2.05 bits per heavy atom. The largest absolute Gasteiger partial charge is 0.456 e. The summed E-state index contributed by atoms with van der Waals surface area (Å²) in [4.78, 5) is 11.8. The second-order valence-electron chi connectivity index (χ2n) is 5.47. The van der Waals surface area contributed by atoms with Crippen molar-refractivity contribution in [1.82, 2.24) is 4.31 Å². The van der Waals surface area contributed by atoms with Crippen LogP contribution in [0.2, 0.25) is 0 Å². The normalized spacial score (nSPS) is 12.3. The van der Waals surface area contributed by atoms with E-state index in [9.17, 15) is 13.2 Å². The highest BCUT2D eigenvalue weighted by molar-refractivity contribution is 7.90. The number of anilines is 1. The molecule has 0 heterocycles. The molecule has 1 aromatic rings. The highest BCUT2D eigenvalue weighted by Gasteiger charge is 2.18. The highest BCUT2D eigenvalue weighted by atomic mass is 32.2. The molecule has 7 heteroatoms. The second kappa shape index (κ2) is 5.80. The quantitative estimate of drug-likeness (QED) is 0.861. The fraction of sp³-hybridized carbons (Fsp3) is 0.462. The van der Waals surface area contributed by atoms with E-state index in [0.717, 1.165) is 4.31 Å². The van der Waals surface area contributed by atoms with Crippen molar-refractivity contribution in [2.24, 2.45) is 0 Å². The maximum atomic E-state index is 11.8. The summed E-state index contributed by atoms with van der Waals surface area (Å²) in [6.45, 7) is 5.35. The molecule has 0 fully saturated rings. The number of hydrogen-bond acceptors (Lipinski definition) is 4. The van der Waals surface area contributed by atoms with Crippen LogP contribution >= 0.6 is 0 Å². The van der Waals surface area contributed by atoms with E-state index in [4.69, 9.17) is 4.74 Å². The van der Waals surface area contributed by atoms with Crippen LogP contribution in [-0.2, 0) is 14.9 Å². The van der Waals surface area contributed by atoms with E-state index in [1.54, 1.807) is 20.8 Å². The summed E-state index contributed by atoms with van der Waals surface area (Å²) in [7, 11) is -0.690. The second-order valence-corrected chi connectivity index (χ2v) is 7.35. The Bertz CT molecular complexity index is 571. The molecule has 1 rings (SSSR count).